The second-order valence-electron chi connectivity index (χ2n) is 4.96. The average Bonchev–Trinajstić information content (AvgIpc) is 2.55. The molecule has 116 valence electrons. The Balaban J connectivity index is 1.57. The summed E-state index contributed by atoms with van der Waals surface area (Å²) in [5.41, 5.74) is 0.574. The predicted molar refractivity (Wildman–Crippen MR) is 84.3 cm³/mol. The van der Waals surface area contributed by atoms with Crippen LogP contribution in [-0.4, -0.2) is 19.1 Å². The van der Waals surface area contributed by atoms with E-state index in [-0.39, 0.29) is 11.7 Å². The number of ether oxygens (including phenoxy) is 1. The van der Waals surface area contributed by atoms with Crippen LogP contribution in [-0.2, 0) is 11.2 Å². The number of nitrogens with one attached hydrogen (secondary N) is 1. The van der Waals surface area contributed by atoms with Crippen LogP contribution < -0.4 is 10.1 Å². The zero-order chi connectivity index (χ0) is 15.6. The maximum atomic E-state index is 13.4. The number of hydrogen-bond donors (Lipinski definition) is 1. The molecule has 0 aromatic heterocycles. The first-order valence-corrected chi connectivity index (χ1v) is 7.43. The van der Waals surface area contributed by atoms with Gasteiger partial charge in [-0.3, -0.25) is 4.79 Å². The van der Waals surface area contributed by atoms with Crippen molar-refractivity contribution in [2.45, 2.75) is 19.3 Å². The number of rotatable bonds is 8. The van der Waals surface area contributed by atoms with E-state index in [0.29, 0.717) is 31.6 Å². The van der Waals surface area contributed by atoms with Crippen LogP contribution in [0, 0.1) is 5.82 Å². The number of carbonyl (C=O) groups is 1. The zero-order valence-corrected chi connectivity index (χ0v) is 12.4. The van der Waals surface area contributed by atoms with Crippen LogP contribution >= 0.6 is 0 Å². The van der Waals surface area contributed by atoms with Crippen LogP contribution in [0.5, 0.6) is 5.75 Å². The lowest BCUT2D eigenvalue weighted by Crippen LogP contribution is -2.25. The largest absolute Gasteiger partial charge is 0.494 e. The molecule has 0 saturated carbocycles. The van der Waals surface area contributed by atoms with Gasteiger partial charge in [0.2, 0.25) is 5.91 Å². The Kier molecular flexibility index (Phi) is 6.42. The van der Waals surface area contributed by atoms with E-state index in [9.17, 15) is 9.18 Å². The summed E-state index contributed by atoms with van der Waals surface area (Å²) in [6.07, 6.45) is 1.44. The molecule has 0 radical (unpaired) electrons. The highest BCUT2D eigenvalue weighted by Gasteiger charge is 2.05. The molecule has 2 rings (SSSR count). The smallest absolute Gasteiger partial charge is 0.220 e. The van der Waals surface area contributed by atoms with Crippen molar-refractivity contribution in [1.82, 2.24) is 5.32 Å². The van der Waals surface area contributed by atoms with E-state index in [0.717, 1.165) is 12.2 Å². The van der Waals surface area contributed by atoms with Gasteiger partial charge in [-0.1, -0.05) is 36.4 Å². The van der Waals surface area contributed by atoms with Crippen LogP contribution in [0.1, 0.15) is 18.4 Å². The van der Waals surface area contributed by atoms with Gasteiger partial charge in [-0.2, -0.15) is 0 Å². The summed E-state index contributed by atoms with van der Waals surface area (Å²) in [5, 5.41) is 2.82. The lowest BCUT2D eigenvalue weighted by Gasteiger charge is -2.07. The van der Waals surface area contributed by atoms with Crippen LogP contribution in [0.15, 0.2) is 54.6 Å². The molecule has 2 aromatic rings. The maximum Gasteiger partial charge on any atom is 0.220 e. The molecule has 4 heteroatoms. The number of aryl methyl sites for hydroxylation is 1. The summed E-state index contributed by atoms with van der Waals surface area (Å²) in [6, 6.07) is 16.1. The van der Waals surface area contributed by atoms with Crippen molar-refractivity contribution >= 4 is 5.91 Å². The molecule has 0 unspecified atom stereocenters. The Morgan fingerprint density at radius 1 is 1.05 bits per heavy atom. The van der Waals surface area contributed by atoms with E-state index in [2.05, 4.69) is 5.32 Å². The second kappa shape index (κ2) is 8.82. The van der Waals surface area contributed by atoms with Crippen molar-refractivity contribution < 1.29 is 13.9 Å². The molecule has 1 N–H and O–H groups in total. The van der Waals surface area contributed by atoms with Crippen molar-refractivity contribution in [2.24, 2.45) is 0 Å². The Labute approximate surface area is 130 Å². The van der Waals surface area contributed by atoms with Crippen LogP contribution in [0.4, 0.5) is 4.39 Å². The van der Waals surface area contributed by atoms with Crippen LogP contribution in [0.2, 0.25) is 0 Å². The molecule has 0 fully saturated rings. The molecule has 0 aliphatic carbocycles. The summed E-state index contributed by atoms with van der Waals surface area (Å²) in [6.45, 7) is 1.11. The van der Waals surface area contributed by atoms with Crippen molar-refractivity contribution in [3.8, 4) is 5.75 Å². The van der Waals surface area contributed by atoms with Gasteiger partial charge in [0.15, 0.2) is 0 Å². The third-order valence-electron chi connectivity index (χ3n) is 3.23. The Morgan fingerprint density at radius 3 is 2.55 bits per heavy atom. The van der Waals surface area contributed by atoms with Crippen molar-refractivity contribution in [3.05, 3.63) is 66.0 Å². The third kappa shape index (κ3) is 5.56. The standard InChI is InChI=1S/C18H20FNO2/c19-17-10-5-4-7-15(17)11-12-18(21)20-13-6-14-22-16-8-2-1-3-9-16/h1-5,7-10H,6,11-14H2,(H,20,21). The zero-order valence-electron chi connectivity index (χ0n) is 12.4. The van der Waals surface area contributed by atoms with Gasteiger partial charge in [0, 0.05) is 13.0 Å². The first-order valence-electron chi connectivity index (χ1n) is 7.43. The fourth-order valence-electron chi connectivity index (χ4n) is 2.04. The van der Waals surface area contributed by atoms with Gasteiger partial charge in [-0.05, 0) is 36.6 Å². The molecule has 2 aromatic carbocycles. The highest BCUT2D eigenvalue weighted by molar-refractivity contribution is 5.76. The topological polar surface area (TPSA) is 38.3 Å². The number of amides is 1. The Bertz CT molecular complexity index is 587. The van der Waals surface area contributed by atoms with E-state index in [1.807, 2.05) is 30.3 Å². The third-order valence-corrected chi connectivity index (χ3v) is 3.23. The van der Waals surface area contributed by atoms with Crippen LogP contribution in [0.3, 0.4) is 0 Å². The average molecular weight is 301 g/mol. The number of benzene rings is 2. The van der Waals surface area contributed by atoms with Crippen molar-refractivity contribution in [1.29, 1.82) is 0 Å². The van der Waals surface area contributed by atoms with Gasteiger partial charge in [0.1, 0.15) is 11.6 Å². The Morgan fingerprint density at radius 2 is 1.77 bits per heavy atom. The van der Waals surface area contributed by atoms with E-state index in [4.69, 9.17) is 4.74 Å². The molecular formula is C18H20FNO2. The normalized spacial score (nSPS) is 10.2. The Hall–Kier alpha value is -2.36. The van der Waals surface area contributed by atoms with Gasteiger partial charge in [-0.25, -0.2) is 4.39 Å². The van der Waals surface area contributed by atoms with Crippen molar-refractivity contribution in [2.75, 3.05) is 13.2 Å². The van der Waals surface area contributed by atoms with Crippen LogP contribution in [0.25, 0.3) is 0 Å². The fraction of sp³-hybridized carbons (Fsp3) is 0.278. The van der Waals surface area contributed by atoms with E-state index in [1.165, 1.54) is 6.07 Å². The molecule has 0 atom stereocenters. The minimum atomic E-state index is -0.258. The maximum absolute atomic E-state index is 13.4. The molecule has 0 aliphatic rings. The second-order valence-corrected chi connectivity index (χ2v) is 4.96. The van der Waals surface area contributed by atoms with Gasteiger partial charge in [0.05, 0.1) is 6.61 Å². The summed E-state index contributed by atoms with van der Waals surface area (Å²) in [7, 11) is 0. The number of halogens is 1. The van der Waals surface area contributed by atoms with Gasteiger partial charge < -0.3 is 10.1 Å². The van der Waals surface area contributed by atoms with Gasteiger partial charge >= 0.3 is 0 Å². The number of hydrogen-bond acceptors (Lipinski definition) is 2. The van der Waals surface area contributed by atoms with E-state index >= 15 is 0 Å². The molecule has 0 spiro atoms. The monoisotopic (exact) mass is 301 g/mol. The predicted octanol–water partition coefficient (Wildman–Crippen LogP) is 3.34. The first kappa shape index (κ1) is 16.0. The highest BCUT2D eigenvalue weighted by Crippen LogP contribution is 2.09. The molecule has 3 nitrogen and oxygen atoms in total. The SMILES string of the molecule is O=C(CCc1ccccc1F)NCCCOc1ccccc1. The lowest BCUT2D eigenvalue weighted by molar-refractivity contribution is -0.121. The van der Waals surface area contributed by atoms with Crippen molar-refractivity contribution in [3.63, 3.8) is 0 Å². The summed E-state index contributed by atoms with van der Waals surface area (Å²) < 4.78 is 18.9. The summed E-state index contributed by atoms with van der Waals surface area (Å²) in [4.78, 5) is 11.7. The molecule has 1 amide bonds. The molecule has 0 bridgehead atoms. The summed E-state index contributed by atoms with van der Waals surface area (Å²) in [5.74, 6) is 0.503. The quantitative estimate of drug-likeness (QED) is 0.759. The lowest BCUT2D eigenvalue weighted by atomic mass is 10.1. The first-order chi connectivity index (χ1) is 10.8. The van der Waals surface area contributed by atoms with Gasteiger partial charge in [0.25, 0.3) is 0 Å². The minimum absolute atomic E-state index is 0.0667. The molecule has 0 saturated heterocycles. The minimum Gasteiger partial charge on any atom is -0.494 e. The van der Waals surface area contributed by atoms with Gasteiger partial charge in [-0.15, -0.1) is 0 Å². The number of para-hydroxylation sites is 1. The summed E-state index contributed by atoms with van der Waals surface area (Å²) >= 11 is 0. The molecular weight excluding hydrogens is 281 g/mol. The molecule has 0 heterocycles. The number of carbonyl (C=O) groups excluding carboxylic acids is 1. The molecule has 0 aliphatic heterocycles. The van der Waals surface area contributed by atoms with E-state index < -0.39 is 0 Å². The highest BCUT2D eigenvalue weighted by atomic mass is 19.1. The van der Waals surface area contributed by atoms with E-state index in [1.54, 1.807) is 18.2 Å². The molecule has 22 heavy (non-hydrogen) atoms. The fourth-order valence-corrected chi connectivity index (χ4v) is 2.04.